The molecule has 1 aliphatic carbocycles. The average Bonchev–Trinajstić information content (AvgIpc) is 3.86. The summed E-state index contributed by atoms with van der Waals surface area (Å²) in [5.41, 5.74) is 3.26. The molecule has 16 nitrogen and oxygen atoms in total. The van der Waals surface area contributed by atoms with Crippen molar-refractivity contribution < 1.29 is 56.8 Å². The van der Waals surface area contributed by atoms with Crippen LogP contribution in [0.4, 0.5) is 21.0 Å². The zero-order chi connectivity index (χ0) is 50.8. The molecule has 17 heteroatoms. The van der Waals surface area contributed by atoms with E-state index in [9.17, 15) is 19.2 Å². The van der Waals surface area contributed by atoms with Crippen molar-refractivity contribution in [2.24, 2.45) is 5.41 Å². The highest BCUT2D eigenvalue weighted by atomic mass is 28.4. The highest BCUT2D eigenvalue weighted by molar-refractivity contribution is 6.74. The molecule has 8 rings (SSSR count). The molecule has 4 heterocycles. The third-order valence-electron chi connectivity index (χ3n) is 14.8. The Kier molecular flexibility index (Phi) is 14.8. The third-order valence-corrected chi connectivity index (χ3v) is 19.2. The van der Waals surface area contributed by atoms with Crippen molar-refractivity contribution in [1.29, 1.82) is 0 Å². The maximum absolute atomic E-state index is 14.9. The zero-order valence-corrected chi connectivity index (χ0v) is 43.4. The number of nitrogens with zero attached hydrogens (tertiary/aromatic N) is 4. The topological polar surface area (TPSA) is 155 Å². The zero-order valence-electron chi connectivity index (χ0n) is 42.4. The van der Waals surface area contributed by atoms with Crippen molar-refractivity contribution in [3.63, 3.8) is 0 Å². The molecule has 0 aromatic heterocycles. The number of unbranched alkanes of at least 4 members (excludes halogenated alkanes) is 2. The number of benzene rings is 3. The van der Waals surface area contributed by atoms with Gasteiger partial charge < -0.3 is 47.4 Å². The van der Waals surface area contributed by atoms with Gasteiger partial charge in [0.25, 0.3) is 11.8 Å². The van der Waals surface area contributed by atoms with Crippen LogP contribution in [0.1, 0.15) is 92.0 Å². The first kappa shape index (κ1) is 50.9. The van der Waals surface area contributed by atoms with Crippen LogP contribution in [0.2, 0.25) is 18.1 Å². The van der Waals surface area contributed by atoms with Gasteiger partial charge in [0.1, 0.15) is 19.0 Å². The van der Waals surface area contributed by atoms with E-state index in [1.165, 1.54) is 31.3 Å². The summed E-state index contributed by atoms with van der Waals surface area (Å²) in [5.74, 6) is 1.71. The second kappa shape index (κ2) is 20.7. The van der Waals surface area contributed by atoms with Gasteiger partial charge in [-0.2, -0.15) is 0 Å². The molecule has 1 saturated carbocycles. The van der Waals surface area contributed by atoms with Gasteiger partial charge in [-0.25, -0.2) is 14.5 Å². The molecule has 1 spiro atoms. The van der Waals surface area contributed by atoms with Gasteiger partial charge in [0.05, 0.1) is 69.1 Å². The maximum atomic E-state index is 14.9. The van der Waals surface area contributed by atoms with Crippen molar-refractivity contribution in [3.05, 3.63) is 96.7 Å². The summed E-state index contributed by atoms with van der Waals surface area (Å²) in [5, 5.41) is -0.246. The summed E-state index contributed by atoms with van der Waals surface area (Å²) in [6.45, 7) is 19.6. The Bertz CT molecular complexity index is 2570. The molecule has 5 aliphatic rings. The fraction of sp³-hybridized carbons (Fsp3) is 0.481. The summed E-state index contributed by atoms with van der Waals surface area (Å²) in [7, 11) is 2.01. The molecule has 2 fully saturated rings. The van der Waals surface area contributed by atoms with Crippen molar-refractivity contribution in [2.45, 2.75) is 102 Å². The smallest absolute Gasteiger partial charge is 0.416 e. The molecule has 4 amide bonds. The molecule has 3 atom stereocenters. The molecular weight excluding hydrogens is 925 g/mol. The molecule has 0 bridgehead atoms. The van der Waals surface area contributed by atoms with Crippen LogP contribution >= 0.6 is 0 Å². The van der Waals surface area contributed by atoms with E-state index < -0.39 is 32.8 Å². The number of hydrogen-bond donors (Lipinski definition) is 0. The van der Waals surface area contributed by atoms with E-state index in [0.717, 1.165) is 30.4 Å². The van der Waals surface area contributed by atoms with E-state index in [1.807, 2.05) is 35.4 Å². The van der Waals surface area contributed by atoms with Crippen LogP contribution in [0.15, 0.2) is 80.0 Å². The lowest BCUT2D eigenvalue weighted by molar-refractivity contribution is 0.0590. The molecule has 0 N–H and O–H groups in total. The van der Waals surface area contributed by atoms with Crippen LogP contribution in [0.5, 0.6) is 28.7 Å². The van der Waals surface area contributed by atoms with E-state index in [4.69, 9.17) is 37.6 Å². The van der Waals surface area contributed by atoms with E-state index >= 15 is 0 Å². The van der Waals surface area contributed by atoms with Gasteiger partial charge in [0.2, 0.25) is 0 Å². The number of carbonyl (C=O) groups excluding carboxylic acids is 4. The van der Waals surface area contributed by atoms with Gasteiger partial charge in [-0.15, -0.1) is 0 Å². The van der Waals surface area contributed by atoms with Crippen molar-refractivity contribution >= 4 is 49.3 Å². The Hall–Kier alpha value is -6.46. The highest BCUT2D eigenvalue weighted by Crippen LogP contribution is 2.56. The maximum Gasteiger partial charge on any atom is 0.416 e. The fourth-order valence-electron chi connectivity index (χ4n) is 9.65. The molecule has 1 saturated heterocycles. The number of ether oxygens (including phenoxy) is 7. The van der Waals surface area contributed by atoms with Gasteiger partial charge in [-0.3, -0.25) is 14.5 Å². The van der Waals surface area contributed by atoms with Gasteiger partial charge in [0.15, 0.2) is 37.5 Å². The van der Waals surface area contributed by atoms with E-state index in [0.29, 0.717) is 85.4 Å². The van der Waals surface area contributed by atoms with E-state index in [1.54, 1.807) is 41.2 Å². The number of methoxy groups -OCH3 is 3. The first-order chi connectivity index (χ1) is 34.0. The Morgan fingerprint density at radius 2 is 1.37 bits per heavy atom. The number of rotatable bonds is 18. The first-order valence-electron chi connectivity index (χ1n) is 24.4. The Labute approximate surface area is 418 Å². The molecular formula is C54H68N4O12Si. The summed E-state index contributed by atoms with van der Waals surface area (Å²) < 4.78 is 48.2. The Morgan fingerprint density at radius 1 is 0.775 bits per heavy atom. The van der Waals surface area contributed by atoms with E-state index in [-0.39, 0.29) is 59.4 Å². The Balaban J connectivity index is 1.00. The predicted octanol–water partition coefficient (Wildman–Crippen LogP) is 10.2. The fourth-order valence-corrected chi connectivity index (χ4v) is 10.9. The molecule has 3 aromatic carbocycles. The minimum absolute atomic E-state index is 0.0411. The third kappa shape index (κ3) is 10.3. The SMILES string of the molecule is C=CCOC(=O)N1C[C@@H]2CC3(CC3)CN2C(=O)c2cc(OC)c(OCCCCCOc3cc4c(cc3OC)C(=O)N3C=C(c5ccc(OC)cc5)C[C@H]3C(O[Si](C)(C)C(C)(C)C)N4C(=O)OCC=C)cc21. The summed E-state index contributed by atoms with van der Waals surface area (Å²) >= 11 is 0. The van der Waals surface area contributed by atoms with Crippen LogP contribution in [0.3, 0.4) is 0 Å². The van der Waals surface area contributed by atoms with Gasteiger partial charge in [-0.1, -0.05) is 58.2 Å². The minimum atomic E-state index is -2.64. The van der Waals surface area contributed by atoms with Crippen LogP contribution in [0.25, 0.3) is 5.57 Å². The van der Waals surface area contributed by atoms with Crippen LogP contribution in [-0.4, -0.2) is 121 Å². The number of amides is 4. The normalized spacial score (nSPS) is 19.9. The van der Waals surface area contributed by atoms with Gasteiger partial charge in [-0.05, 0) is 104 Å². The number of carbonyl (C=O) groups is 4. The molecule has 4 aliphatic heterocycles. The lowest BCUT2D eigenvalue weighted by atomic mass is 10.0. The predicted molar refractivity (Wildman–Crippen MR) is 272 cm³/mol. The van der Waals surface area contributed by atoms with Gasteiger partial charge in [0, 0.05) is 31.4 Å². The standard InChI is InChI=1S/C54H68N4O12Si/c1-11-22-68-51(61)56-33-37-31-54(20-21-54)34-57(37)49(60)39-27-44(64-7)46(29-41(39)56)66-24-14-13-15-25-67-47-30-42-40(28-45(47)65-8)48(59)55-32-36(35-16-18-38(63-6)19-17-35)26-43(55)50(58(42)52(62)69-23-12-2)70-71(9,10)53(3,4)5/h11-12,16-19,27-30,32,37,43,50H,1-2,13-15,20-26,31,33-34H2,3-10H3/t37-,43-,50?/m0/s1. The van der Waals surface area contributed by atoms with Crippen LogP contribution < -0.4 is 33.5 Å². The molecule has 380 valence electrons. The lowest BCUT2D eigenvalue weighted by Crippen LogP contribution is -2.57. The molecule has 71 heavy (non-hydrogen) atoms. The summed E-state index contributed by atoms with van der Waals surface area (Å²) in [4.78, 5) is 63.5. The Morgan fingerprint density at radius 3 is 1.93 bits per heavy atom. The van der Waals surface area contributed by atoms with Crippen LogP contribution in [-0.2, 0) is 13.9 Å². The average molecular weight is 993 g/mol. The van der Waals surface area contributed by atoms with Crippen LogP contribution in [0, 0.1) is 5.41 Å². The first-order valence-corrected chi connectivity index (χ1v) is 27.4. The molecule has 1 unspecified atom stereocenters. The molecule has 0 radical (unpaired) electrons. The summed E-state index contributed by atoms with van der Waals surface area (Å²) in [6.07, 6.45) is 8.07. The van der Waals surface area contributed by atoms with Crippen molar-refractivity contribution in [1.82, 2.24) is 9.80 Å². The number of hydrogen-bond acceptors (Lipinski definition) is 12. The van der Waals surface area contributed by atoms with Crippen molar-refractivity contribution in [3.8, 4) is 28.7 Å². The van der Waals surface area contributed by atoms with Crippen molar-refractivity contribution in [2.75, 3.05) is 70.6 Å². The second-order valence-electron chi connectivity index (χ2n) is 20.4. The lowest BCUT2D eigenvalue weighted by Gasteiger charge is -2.44. The summed E-state index contributed by atoms with van der Waals surface area (Å²) in [6, 6.07) is 13.6. The largest absolute Gasteiger partial charge is 0.497 e. The quantitative estimate of drug-likeness (QED) is 0.0677. The van der Waals surface area contributed by atoms with E-state index in [2.05, 4.69) is 47.0 Å². The minimum Gasteiger partial charge on any atom is -0.497 e. The monoisotopic (exact) mass is 992 g/mol. The number of fused-ring (bicyclic) bond motifs is 4. The van der Waals surface area contributed by atoms with Gasteiger partial charge >= 0.3 is 12.2 Å². The number of anilines is 2. The molecule has 3 aromatic rings. The second-order valence-corrected chi connectivity index (χ2v) is 25.2. The highest BCUT2D eigenvalue weighted by Gasteiger charge is 2.55.